The highest BCUT2D eigenvalue weighted by atomic mass is 35.5. The van der Waals surface area contributed by atoms with Crippen molar-refractivity contribution in [2.24, 2.45) is 0 Å². The monoisotopic (exact) mass is 229 g/mol. The third-order valence-electron chi connectivity index (χ3n) is 3.10. The van der Waals surface area contributed by atoms with Crippen LogP contribution in [-0.2, 0) is 17.6 Å². The van der Waals surface area contributed by atoms with Gasteiger partial charge >= 0.3 is 0 Å². The summed E-state index contributed by atoms with van der Waals surface area (Å²) in [6.45, 7) is 0. The van der Waals surface area contributed by atoms with Crippen LogP contribution in [0.25, 0.3) is 0 Å². The zero-order valence-corrected chi connectivity index (χ0v) is 9.72. The molecule has 0 saturated heterocycles. The lowest BCUT2D eigenvalue weighted by atomic mass is 9.77. The SMILES string of the molecule is COC1(Cc2cnc(CCCl)o2)CCC1. The lowest BCUT2D eigenvalue weighted by molar-refractivity contribution is -0.0738. The summed E-state index contributed by atoms with van der Waals surface area (Å²) in [6.07, 6.45) is 6.81. The van der Waals surface area contributed by atoms with Gasteiger partial charge in [-0.3, -0.25) is 0 Å². The Morgan fingerprint density at radius 2 is 2.40 bits per heavy atom. The standard InChI is InChI=1S/C11H16ClNO2/c1-14-11(4-2-5-11)7-9-8-13-10(15-9)3-6-12/h8H,2-7H2,1H3. The van der Waals surface area contributed by atoms with Gasteiger partial charge in [0, 0.05) is 25.8 Å². The summed E-state index contributed by atoms with van der Waals surface area (Å²) >= 11 is 5.62. The van der Waals surface area contributed by atoms with Gasteiger partial charge in [-0.05, 0) is 19.3 Å². The number of methoxy groups -OCH3 is 1. The third-order valence-corrected chi connectivity index (χ3v) is 3.29. The molecule has 0 N–H and O–H groups in total. The molecule has 1 aliphatic carbocycles. The maximum absolute atomic E-state index is 5.62. The Labute approximate surface area is 94.8 Å². The van der Waals surface area contributed by atoms with Gasteiger partial charge in [-0.1, -0.05) is 0 Å². The number of nitrogens with zero attached hydrogens (tertiary/aromatic N) is 1. The van der Waals surface area contributed by atoms with Crippen LogP contribution in [0.1, 0.15) is 30.9 Å². The summed E-state index contributed by atoms with van der Waals surface area (Å²) in [5.41, 5.74) is 0.0117. The molecule has 0 radical (unpaired) electrons. The second-order valence-corrected chi connectivity index (χ2v) is 4.45. The van der Waals surface area contributed by atoms with Crippen molar-refractivity contribution in [3.8, 4) is 0 Å². The van der Waals surface area contributed by atoms with Crippen molar-refractivity contribution in [3.05, 3.63) is 17.8 Å². The van der Waals surface area contributed by atoms with E-state index < -0.39 is 0 Å². The van der Waals surface area contributed by atoms with Gasteiger partial charge in [0.2, 0.25) is 0 Å². The maximum Gasteiger partial charge on any atom is 0.195 e. The van der Waals surface area contributed by atoms with E-state index in [1.807, 2.05) is 0 Å². The van der Waals surface area contributed by atoms with Crippen molar-refractivity contribution in [1.29, 1.82) is 0 Å². The Morgan fingerprint density at radius 3 is 2.93 bits per heavy atom. The number of hydrogen-bond acceptors (Lipinski definition) is 3. The number of hydrogen-bond donors (Lipinski definition) is 0. The predicted octanol–water partition coefficient (Wildman–Crippen LogP) is 2.57. The van der Waals surface area contributed by atoms with Gasteiger partial charge in [-0.2, -0.15) is 0 Å². The van der Waals surface area contributed by atoms with E-state index in [1.165, 1.54) is 6.42 Å². The number of aromatic nitrogens is 1. The Morgan fingerprint density at radius 1 is 1.60 bits per heavy atom. The molecular formula is C11H16ClNO2. The van der Waals surface area contributed by atoms with Crippen molar-refractivity contribution in [1.82, 2.24) is 4.98 Å². The molecule has 4 heteroatoms. The molecule has 2 rings (SSSR count). The van der Waals surface area contributed by atoms with Crippen LogP contribution < -0.4 is 0 Å². The number of oxazole rings is 1. The molecule has 0 bridgehead atoms. The summed E-state index contributed by atoms with van der Waals surface area (Å²) < 4.78 is 11.1. The molecular weight excluding hydrogens is 214 g/mol. The molecule has 1 heterocycles. The Bertz CT molecular complexity index is 315. The lowest BCUT2D eigenvalue weighted by Crippen LogP contribution is -2.41. The van der Waals surface area contributed by atoms with Crippen LogP contribution in [0.3, 0.4) is 0 Å². The lowest BCUT2D eigenvalue weighted by Gasteiger charge is -2.39. The van der Waals surface area contributed by atoms with Crippen molar-refractivity contribution in [3.63, 3.8) is 0 Å². The quantitative estimate of drug-likeness (QED) is 0.728. The summed E-state index contributed by atoms with van der Waals surface area (Å²) in [7, 11) is 1.77. The highest BCUT2D eigenvalue weighted by Gasteiger charge is 2.38. The normalized spacial score (nSPS) is 18.8. The highest BCUT2D eigenvalue weighted by Crippen LogP contribution is 2.37. The van der Waals surface area contributed by atoms with Crippen LogP contribution in [0.5, 0.6) is 0 Å². The molecule has 0 aliphatic heterocycles. The molecule has 1 fully saturated rings. The zero-order chi connectivity index (χ0) is 10.7. The smallest absolute Gasteiger partial charge is 0.195 e. The summed E-state index contributed by atoms with van der Waals surface area (Å²) in [5.74, 6) is 2.19. The molecule has 1 aromatic rings. The van der Waals surface area contributed by atoms with E-state index in [2.05, 4.69) is 4.98 Å². The zero-order valence-electron chi connectivity index (χ0n) is 8.96. The maximum atomic E-state index is 5.62. The summed E-state index contributed by atoms with van der Waals surface area (Å²) in [6, 6.07) is 0. The third kappa shape index (κ3) is 2.34. The number of aryl methyl sites for hydroxylation is 1. The fourth-order valence-corrected chi connectivity index (χ4v) is 2.13. The van der Waals surface area contributed by atoms with Crippen LogP contribution in [0.2, 0.25) is 0 Å². The minimum atomic E-state index is 0.0117. The summed E-state index contributed by atoms with van der Waals surface area (Å²) in [5, 5.41) is 0. The van der Waals surface area contributed by atoms with Crippen LogP contribution in [0.4, 0.5) is 0 Å². The van der Waals surface area contributed by atoms with E-state index in [9.17, 15) is 0 Å². The van der Waals surface area contributed by atoms with Gasteiger partial charge in [0.1, 0.15) is 5.76 Å². The minimum Gasteiger partial charge on any atom is -0.446 e. The molecule has 0 atom stereocenters. The Hall–Kier alpha value is -0.540. The fourth-order valence-electron chi connectivity index (χ4n) is 1.97. The number of alkyl halides is 1. The largest absolute Gasteiger partial charge is 0.446 e. The summed E-state index contributed by atoms with van der Waals surface area (Å²) in [4.78, 5) is 4.18. The van der Waals surface area contributed by atoms with Gasteiger partial charge in [0.05, 0.1) is 11.8 Å². The first-order valence-electron chi connectivity index (χ1n) is 5.33. The van der Waals surface area contributed by atoms with Crippen LogP contribution in [0, 0.1) is 0 Å². The second-order valence-electron chi connectivity index (χ2n) is 4.08. The van der Waals surface area contributed by atoms with Crippen molar-refractivity contribution in [2.75, 3.05) is 13.0 Å². The van der Waals surface area contributed by atoms with E-state index in [0.717, 1.165) is 30.9 Å². The van der Waals surface area contributed by atoms with Crippen LogP contribution >= 0.6 is 11.6 Å². The van der Waals surface area contributed by atoms with E-state index in [1.54, 1.807) is 13.3 Å². The average molecular weight is 230 g/mol. The molecule has 3 nitrogen and oxygen atoms in total. The van der Waals surface area contributed by atoms with Crippen molar-refractivity contribution < 1.29 is 9.15 Å². The molecule has 1 aliphatic rings. The predicted molar refractivity (Wildman–Crippen MR) is 58.2 cm³/mol. The number of rotatable bonds is 5. The Kier molecular flexibility index (Phi) is 3.32. The van der Waals surface area contributed by atoms with Gasteiger partial charge in [-0.15, -0.1) is 11.6 Å². The average Bonchev–Trinajstić information content (AvgIpc) is 2.60. The van der Waals surface area contributed by atoms with Gasteiger partial charge in [-0.25, -0.2) is 4.98 Å². The van der Waals surface area contributed by atoms with Crippen molar-refractivity contribution in [2.45, 2.75) is 37.7 Å². The number of halogens is 1. The first-order chi connectivity index (χ1) is 7.28. The minimum absolute atomic E-state index is 0.0117. The molecule has 0 unspecified atom stereocenters. The van der Waals surface area contributed by atoms with E-state index >= 15 is 0 Å². The first-order valence-corrected chi connectivity index (χ1v) is 5.86. The molecule has 15 heavy (non-hydrogen) atoms. The Balaban J connectivity index is 1.97. The fraction of sp³-hybridized carbons (Fsp3) is 0.727. The molecule has 0 aromatic carbocycles. The van der Waals surface area contributed by atoms with Gasteiger partial charge < -0.3 is 9.15 Å². The molecule has 0 amide bonds. The van der Waals surface area contributed by atoms with E-state index in [4.69, 9.17) is 20.8 Å². The van der Waals surface area contributed by atoms with Crippen LogP contribution in [-0.4, -0.2) is 23.6 Å². The topological polar surface area (TPSA) is 35.3 Å². The van der Waals surface area contributed by atoms with Crippen LogP contribution in [0.15, 0.2) is 10.6 Å². The van der Waals surface area contributed by atoms with Gasteiger partial charge in [0.25, 0.3) is 0 Å². The van der Waals surface area contributed by atoms with E-state index in [0.29, 0.717) is 12.3 Å². The molecule has 1 aromatic heterocycles. The first kappa shape index (κ1) is 11.0. The number of ether oxygens (including phenoxy) is 1. The highest BCUT2D eigenvalue weighted by molar-refractivity contribution is 6.17. The molecule has 0 spiro atoms. The van der Waals surface area contributed by atoms with E-state index in [-0.39, 0.29) is 5.60 Å². The van der Waals surface area contributed by atoms with Crippen molar-refractivity contribution >= 4 is 11.6 Å². The molecule has 1 saturated carbocycles. The second kappa shape index (κ2) is 4.54. The van der Waals surface area contributed by atoms with Gasteiger partial charge in [0.15, 0.2) is 5.89 Å². The molecule has 84 valence electrons.